The van der Waals surface area contributed by atoms with Crippen LogP contribution in [-0.4, -0.2) is 7.11 Å². The fourth-order valence-electron chi connectivity index (χ4n) is 2.42. The molecule has 3 aromatic rings. The van der Waals surface area contributed by atoms with Gasteiger partial charge in [-0.25, -0.2) is 0 Å². The first kappa shape index (κ1) is 15.9. The third-order valence-corrected chi connectivity index (χ3v) is 3.81. The summed E-state index contributed by atoms with van der Waals surface area (Å²) in [6, 6.07) is 24.8. The zero-order valence-corrected chi connectivity index (χ0v) is 14.0. The molecule has 2 nitrogen and oxygen atoms in total. The Hall–Kier alpha value is -3.00. The van der Waals surface area contributed by atoms with E-state index >= 15 is 0 Å². The van der Waals surface area contributed by atoms with Gasteiger partial charge in [0.15, 0.2) is 0 Å². The van der Waals surface area contributed by atoms with Gasteiger partial charge in [0.1, 0.15) is 5.75 Å². The van der Waals surface area contributed by atoms with Crippen molar-refractivity contribution in [1.82, 2.24) is 0 Å². The van der Waals surface area contributed by atoms with Gasteiger partial charge in [0, 0.05) is 11.4 Å². The zero-order valence-electron chi connectivity index (χ0n) is 14.0. The highest BCUT2D eigenvalue weighted by Crippen LogP contribution is 2.19. The second kappa shape index (κ2) is 7.51. The third-order valence-electron chi connectivity index (χ3n) is 3.81. The summed E-state index contributed by atoms with van der Waals surface area (Å²) in [5.41, 5.74) is 5.72. The highest BCUT2D eigenvalue weighted by Gasteiger charge is 1.95. The average Bonchev–Trinajstić information content (AvgIpc) is 2.63. The first-order valence-corrected chi connectivity index (χ1v) is 7.99. The van der Waals surface area contributed by atoms with Gasteiger partial charge in [0.25, 0.3) is 0 Å². The van der Waals surface area contributed by atoms with Gasteiger partial charge in [0.2, 0.25) is 0 Å². The Balaban J connectivity index is 1.67. The summed E-state index contributed by atoms with van der Waals surface area (Å²) in [6.45, 7) is 2.09. The third kappa shape index (κ3) is 4.26. The number of benzene rings is 3. The van der Waals surface area contributed by atoms with Gasteiger partial charge in [-0.3, -0.25) is 0 Å². The fourth-order valence-corrected chi connectivity index (χ4v) is 2.42. The highest BCUT2D eigenvalue weighted by atomic mass is 16.5. The van der Waals surface area contributed by atoms with E-state index < -0.39 is 0 Å². The normalized spacial score (nSPS) is 10.8. The monoisotopic (exact) mass is 315 g/mol. The van der Waals surface area contributed by atoms with Crippen LogP contribution in [0, 0.1) is 6.92 Å². The molecule has 0 spiro atoms. The maximum absolute atomic E-state index is 5.24. The van der Waals surface area contributed by atoms with Crippen LogP contribution in [-0.2, 0) is 0 Å². The molecule has 0 radical (unpaired) electrons. The average molecular weight is 315 g/mol. The standard InChI is InChI=1S/C22H21NO/c1-17-6-12-20(13-7-17)23-21-14-10-18(11-15-21)8-9-19-4-3-5-22(16-19)24-2/h3-16,23H,1-2H3/b9-8+. The van der Waals surface area contributed by atoms with E-state index in [9.17, 15) is 0 Å². The minimum absolute atomic E-state index is 0.870. The van der Waals surface area contributed by atoms with Crippen LogP contribution in [0.4, 0.5) is 11.4 Å². The molecule has 1 N–H and O–H groups in total. The van der Waals surface area contributed by atoms with E-state index in [0.29, 0.717) is 0 Å². The van der Waals surface area contributed by atoms with E-state index in [2.05, 4.69) is 79.0 Å². The van der Waals surface area contributed by atoms with Crippen molar-refractivity contribution < 1.29 is 4.74 Å². The maximum atomic E-state index is 5.24. The van der Waals surface area contributed by atoms with E-state index in [1.165, 1.54) is 5.56 Å². The van der Waals surface area contributed by atoms with Gasteiger partial charge in [-0.2, -0.15) is 0 Å². The number of rotatable bonds is 5. The van der Waals surface area contributed by atoms with E-state index in [-0.39, 0.29) is 0 Å². The van der Waals surface area contributed by atoms with Crippen molar-refractivity contribution in [3.63, 3.8) is 0 Å². The predicted octanol–water partition coefficient (Wildman–Crippen LogP) is 5.92. The minimum Gasteiger partial charge on any atom is -0.497 e. The summed E-state index contributed by atoms with van der Waals surface area (Å²) in [5, 5.41) is 3.41. The molecule has 0 aromatic heterocycles. The Labute approximate surface area is 143 Å². The van der Waals surface area contributed by atoms with Crippen molar-refractivity contribution in [2.45, 2.75) is 6.92 Å². The Morgan fingerprint density at radius 3 is 2.04 bits per heavy atom. The van der Waals surface area contributed by atoms with Gasteiger partial charge in [-0.1, -0.05) is 54.1 Å². The highest BCUT2D eigenvalue weighted by molar-refractivity contribution is 5.71. The van der Waals surface area contributed by atoms with Gasteiger partial charge >= 0.3 is 0 Å². The molecule has 0 saturated carbocycles. The van der Waals surface area contributed by atoms with Crippen molar-refractivity contribution in [2.75, 3.05) is 12.4 Å². The molecule has 0 aliphatic heterocycles. The number of ether oxygens (including phenoxy) is 1. The van der Waals surface area contributed by atoms with Crippen molar-refractivity contribution >= 4 is 23.5 Å². The summed E-state index contributed by atoms with van der Waals surface area (Å²) >= 11 is 0. The molecule has 24 heavy (non-hydrogen) atoms. The molecule has 2 heteroatoms. The van der Waals surface area contributed by atoms with Crippen LogP contribution in [0.15, 0.2) is 72.8 Å². The Morgan fingerprint density at radius 2 is 1.38 bits per heavy atom. The summed E-state index contributed by atoms with van der Waals surface area (Å²) in [4.78, 5) is 0. The van der Waals surface area contributed by atoms with Crippen LogP contribution in [0.25, 0.3) is 12.2 Å². The van der Waals surface area contributed by atoms with Gasteiger partial charge < -0.3 is 10.1 Å². The van der Waals surface area contributed by atoms with Gasteiger partial charge in [-0.05, 0) is 54.4 Å². The Morgan fingerprint density at radius 1 is 0.750 bits per heavy atom. The maximum Gasteiger partial charge on any atom is 0.119 e. The fraction of sp³-hybridized carbons (Fsp3) is 0.0909. The van der Waals surface area contributed by atoms with E-state index in [0.717, 1.165) is 28.3 Å². The molecular weight excluding hydrogens is 294 g/mol. The minimum atomic E-state index is 0.870. The van der Waals surface area contributed by atoms with Gasteiger partial charge in [0.05, 0.1) is 7.11 Å². The molecular formula is C22H21NO. The summed E-state index contributed by atoms with van der Waals surface area (Å²) < 4.78 is 5.24. The van der Waals surface area contributed by atoms with Crippen molar-refractivity contribution in [3.8, 4) is 5.75 Å². The van der Waals surface area contributed by atoms with Crippen LogP contribution in [0.5, 0.6) is 5.75 Å². The lowest BCUT2D eigenvalue weighted by Gasteiger charge is -2.07. The van der Waals surface area contributed by atoms with Crippen LogP contribution in [0.3, 0.4) is 0 Å². The lowest BCUT2D eigenvalue weighted by molar-refractivity contribution is 0.414. The van der Waals surface area contributed by atoms with Crippen LogP contribution in [0.1, 0.15) is 16.7 Å². The molecule has 0 atom stereocenters. The number of methoxy groups -OCH3 is 1. The largest absolute Gasteiger partial charge is 0.497 e. The van der Waals surface area contributed by atoms with Crippen molar-refractivity contribution in [1.29, 1.82) is 0 Å². The number of nitrogens with one attached hydrogen (secondary N) is 1. The molecule has 0 bridgehead atoms. The molecule has 0 saturated heterocycles. The molecule has 3 aromatic carbocycles. The van der Waals surface area contributed by atoms with Gasteiger partial charge in [-0.15, -0.1) is 0 Å². The molecule has 0 aliphatic rings. The quantitative estimate of drug-likeness (QED) is 0.590. The Bertz CT molecular complexity index is 817. The number of hydrogen-bond donors (Lipinski definition) is 1. The molecule has 0 amide bonds. The van der Waals surface area contributed by atoms with Crippen molar-refractivity contribution in [2.24, 2.45) is 0 Å². The van der Waals surface area contributed by atoms with Crippen molar-refractivity contribution in [3.05, 3.63) is 89.5 Å². The van der Waals surface area contributed by atoms with E-state index in [1.807, 2.05) is 18.2 Å². The predicted molar refractivity (Wildman–Crippen MR) is 103 cm³/mol. The van der Waals surface area contributed by atoms with Crippen LogP contribution < -0.4 is 10.1 Å². The number of aryl methyl sites for hydroxylation is 1. The summed E-state index contributed by atoms with van der Waals surface area (Å²) in [6.07, 6.45) is 4.19. The first-order chi connectivity index (χ1) is 11.7. The number of anilines is 2. The number of hydrogen-bond acceptors (Lipinski definition) is 2. The second-order valence-corrected chi connectivity index (χ2v) is 5.72. The van der Waals surface area contributed by atoms with E-state index in [1.54, 1.807) is 7.11 Å². The topological polar surface area (TPSA) is 21.3 Å². The molecule has 3 rings (SSSR count). The molecule has 0 fully saturated rings. The molecule has 0 aliphatic carbocycles. The smallest absolute Gasteiger partial charge is 0.119 e. The van der Waals surface area contributed by atoms with Crippen LogP contribution >= 0.6 is 0 Å². The lowest BCUT2D eigenvalue weighted by Crippen LogP contribution is -1.89. The van der Waals surface area contributed by atoms with E-state index in [4.69, 9.17) is 4.74 Å². The summed E-state index contributed by atoms with van der Waals surface area (Å²) in [5.74, 6) is 0.870. The summed E-state index contributed by atoms with van der Waals surface area (Å²) in [7, 11) is 1.68. The first-order valence-electron chi connectivity index (χ1n) is 7.99. The Kier molecular flexibility index (Phi) is 4.97. The second-order valence-electron chi connectivity index (χ2n) is 5.72. The molecule has 0 unspecified atom stereocenters. The zero-order chi connectivity index (χ0) is 16.8. The lowest BCUT2D eigenvalue weighted by atomic mass is 10.1. The molecule has 0 heterocycles. The SMILES string of the molecule is COc1cccc(/C=C/c2ccc(Nc3ccc(C)cc3)cc2)c1. The van der Waals surface area contributed by atoms with Crippen LogP contribution in [0.2, 0.25) is 0 Å². The molecule has 120 valence electrons.